The molecule has 1 atom stereocenters. The van der Waals surface area contributed by atoms with Crippen LogP contribution in [0.1, 0.15) is 5.56 Å². The fourth-order valence-electron chi connectivity index (χ4n) is 3.00. The lowest BCUT2D eigenvalue weighted by Gasteiger charge is -2.26. The molecule has 0 fully saturated rings. The van der Waals surface area contributed by atoms with Gasteiger partial charge in [0.15, 0.2) is 18.1 Å². The smallest absolute Gasteiger partial charge is 0.310 e. The highest BCUT2D eigenvalue weighted by Gasteiger charge is 2.21. The Balaban J connectivity index is 1.22. The third kappa shape index (κ3) is 4.43. The number of phenolic OH excluding ortho intramolecular Hbond substituents is 1. The van der Waals surface area contributed by atoms with E-state index in [1.165, 1.54) is 18.4 Å². The van der Waals surface area contributed by atoms with Gasteiger partial charge in [-0.2, -0.15) is 0 Å². The number of furan rings is 1. The van der Waals surface area contributed by atoms with Crippen molar-refractivity contribution in [2.24, 2.45) is 0 Å². The Hall–Kier alpha value is -3.68. The molecule has 0 radical (unpaired) electrons. The molecular formula is C21H19NO7. The Morgan fingerprint density at radius 1 is 1.17 bits per heavy atom. The lowest BCUT2D eigenvalue weighted by atomic mass is 10.1. The molecular weight excluding hydrogens is 378 g/mol. The molecule has 2 heterocycles. The predicted octanol–water partition coefficient (Wildman–Crippen LogP) is 2.18. The molecule has 1 aliphatic heterocycles. The monoisotopic (exact) mass is 397 g/mol. The highest BCUT2D eigenvalue weighted by Crippen LogP contribution is 2.30. The number of benzene rings is 2. The summed E-state index contributed by atoms with van der Waals surface area (Å²) in [5, 5.41) is 12.8. The van der Waals surface area contributed by atoms with Gasteiger partial charge in [0.1, 0.15) is 24.0 Å². The number of para-hydroxylation sites is 2. The fraction of sp³-hybridized carbons (Fsp3) is 0.238. The van der Waals surface area contributed by atoms with Crippen molar-refractivity contribution in [2.45, 2.75) is 12.5 Å². The van der Waals surface area contributed by atoms with Gasteiger partial charge in [0, 0.05) is 17.0 Å². The van der Waals surface area contributed by atoms with Crippen LogP contribution in [0.5, 0.6) is 17.2 Å². The fourth-order valence-corrected chi connectivity index (χ4v) is 3.00. The van der Waals surface area contributed by atoms with Gasteiger partial charge in [0.25, 0.3) is 5.91 Å². The Morgan fingerprint density at radius 3 is 2.86 bits per heavy atom. The molecule has 0 bridgehead atoms. The minimum absolute atomic E-state index is 0.0403. The van der Waals surface area contributed by atoms with E-state index in [2.05, 4.69) is 5.32 Å². The second-order valence-corrected chi connectivity index (χ2v) is 6.58. The lowest BCUT2D eigenvalue weighted by Crippen LogP contribution is -2.42. The summed E-state index contributed by atoms with van der Waals surface area (Å²) in [5.74, 6) is 0.398. The van der Waals surface area contributed by atoms with Crippen molar-refractivity contribution >= 4 is 22.8 Å². The number of nitrogens with one attached hydrogen (secondary N) is 1. The quantitative estimate of drug-likeness (QED) is 0.614. The largest absolute Gasteiger partial charge is 0.508 e. The van der Waals surface area contributed by atoms with Crippen molar-refractivity contribution in [3.63, 3.8) is 0 Å². The Kier molecular flexibility index (Phi) is 5.24. The van der Waals surface area contributed by atoms with Gasteiger partial charge in [-0.05, 0) is 24.3 Å². The highest BCUT2D eigenvalue weighted by molar-refractivity contribution is 5.87. The molecule has 8 nitrogen and oxygen atoms in total. The van der Waals surface area contributed by atoms with E-state index in [1.54, 1.807) is 12.1 Å². The number of carbonyl (C=O) groups excluding carboxylic acids is 2. The summed E-state index contributed by atoms with van der Waals surface area (Å²) in [6.45, 7) is 0.167. The van der Waals surface area contributed by atoms with E-state index in [-0.39, 0.29) is 31.4 Å². The average Bonchev–Trinajstić information content (AvgIpc) is 3.12. The standard InChI is InChI=1S/C21H19NO7/c23-14-5-6-16-13(10-26-19(16)8-14)7-21(25)28-12-20(24)22-9-15-11-27-17-3-1-2-4-18(17)29-15/h1-6,8,10,15,23H,7,9,11-12H2,(H,22,24)/t15-/m1/s1. The summed E-state index contributed by atoms with van der Waals surface area (Å²) >= 11 is 0. The van der Waals surface area contributed by atoms with Crippen molar-refractivity contribution in [3.05, 3.63) is 54.3 Å². The molecule has 3 aromatic rings. The molecule has 1 aliphatic rings. The van der Waals surface area contributed by atoms with E-state index < -0.39 is 11.9 Å². The van der Waals surface area contributed by atoms with E-state index >= 15 is 0 Å². The highest BCUT2D eigenvalue weighted by atomic mass is 16.6. The Bertz CT molecular complexity index is 1040. The number of hydrogen-bond acceptors (Lipinski definition) is 7. The number of ether oxygens (including phenoxy) is 3. The molecule has 8 heteroatoms. The summed E-state index contributed by atoms with van der Waals surface area (Å²) in [7, 11) is 0. The SMILES string of the molecule is O=C(COC(=O)Cc1coc2cc(O)ccc12)NC[C@@H]1COc2ccccc2O1. The maximum atomic E-state index is 12.0. The van der Waals surface area contributed by atoms with Gasteiger partial charge < -0.3 is 29.1 Å². The van der Waals surface area contributed by atoms with Gasteiger partial charge in [0.05, 0.1) is 19.2 Å². The van der Waals surface area contributed by atoms with Crippen molar-refractivity contribution in [3.8, 4) is 17.2 Å². The van der Waals surface area contributed by atoms with Crippen molar-refractivity contribution in [2.75, 3.05) is 19.8 Å². The van der Waals surface area contributed by atoms with Gasteiger partial charge in [-0.1, -0.05) is 12.1 Å². The third-order valence-corrected chi connectivity index (χ3v) is 4.43. The maximum absolute atomic E-state index is 12.0. The molecule has 0 unspecified atom stereocenters. The average molecular weight is 397 g/mol. The Labute approximate surface area is 166 Å². The molecule has 1 aromatic heterocycles. The van der Waals surface area contributed by atoms with Crippen molar-refractivity contribution in [1.29, 1.82) is 0 Å². The zero-order valence-corrected chi connectivity index (χ0v) is 15.4. The van der Waals surface area contributed by atoms with E-state index in [0.29, 0.717) is 34.6 Å². The third-order valence-electron chi connectivity index (χ3n) is 4.43. The van der Waals surface area contributed by atoms with Gasteiger partial charge in [-0.25, -0.2) is 0 Å². The number of rotatable bonds is 6. The minimum atomic E-state index is -0.554. The van der Waals surface area contributed by atoms with E-state index in [4.69, 9.17) is 18.6 Å². The first-order valence-electron chi connectivity index (χ1n) is 9.08. The number of phenols is 1. The van der Waals surface area contributed by atoms with Crippen molar-refractivity contribution in [1.82, 2.24) is 5.32 Å². The molecule has 150 valence electrons. The van der Waals surface area contributed by atoms with Crippen LogP contribution in [-0.4, -0.2) is 42.8 Å². The van der Waals surface area contributed by atoms with Crippen LogP contribution in [0, 0.1) is 0 Å². The molecule has 0 saturated carbocycles. The first-order valence-corrected chi connectivity index (χ1v) is 9.08. The number of carbonyl (C=O) groups is 2. The maximum Gasteiger partial charge on any atom is 0.310 e. The van der Waals surface area contributed by atoms with Crippen LogP contribution < -0.4 is 14.8 Å². The van der Waals surface area contributed by atoms with Crippen LogP contribution >= 0.6 is 0 Å². The molecule has 0 aliphatic carbocycles. The zero-order valence-electron chi connectivity index (χ0n) is 15.4. The van der Waals surface area contributed by atoms with Crippen molar-refractivity contribution < 1.29 is 33.3 Å². The summed E-state index contributed by atoms with van der Waals surface area (Å²) in [5.41, 5.74) is 1.10. The molecule has 0 spiro atoms. The molecule has 2 N–H and O–H groups in total. The molecule has 2 aromatic carbocycles. The van der Waals surface area contributed by atoms with Gasteiger partial charge in [-0.15, -0.1) is 0 Å². The van der Waals surface area contributed by atoms with Crippen LogP contribution in [-0.2, 0) is 20.7 Å². The molecule has 1 amide bonds. The van der Waals surface area contributed by atoms with Crippen LogP contribution in [0.2, 0.25) is 0 Å². The Morgan fingerprint density at radius 2 is 2.00 bits per heavy atom. The summed E-state index contributed by atoms with van der Waals surface area (Å²) in [6, 6.07) is 11.9. The predicted molar refractivity (Wildman–Crippen MR) is 102 cm³/mol. The summed E-state index contributed by atoms with van der Waals surface area (Å²) < 4.78 is 21.7. The zero-order chi connectivity index (χ0) is 20.2. The normalized spacial score (nSPS) is 15.1. The van der Waals surface area contributed by atoms with E-state index in [9.17, 15) is 14.7 Å². The lowest BCUT2D eigenvalue weighted by molar-refractivity contribution is -0.148. The minimum Gasteiger partial charge on any atom is -0.508 e. The van der Waals surface area contributed by atoms with E-state index in [1.807, 2.05) is 18.2 Å². The number of fused-ring (bicyclic) bond motifs is 2. The number of esters is 1. The first-order chi connectivity index (χ1) is 14.1. The van der Waals surface area contributed by atoms with Crippen LogP contribution in [0.15, 0.2) is 53.1 Å². The first kappa shape index (κ1) is 18.7. The second kappa shape index (κ2) is 8.14. The molecule has 4 rings (SSSR count). The molecule has 29 heavy (non-hydrogen) atoms. The van der Waals surface area contributed by atoms with Gasteiger partial charge >= 0.3 is 5.97 Å². The summed E-state index contributed by atoms with van der Waals surface area (Å²) in [4.78, 5) is 24.0. The summed E-state index contributed by atoms with van der Waals surface area (Å²) in [6.07, 6.45) is 1.07. The van der Waals surface area contributed by atoms with Crippen LogP contribution in [0.4, 0.5) is 0 Å². The van der Waals surface area contributed by atoms with Crippen LogP contribution in [0.25, 0.3) is 11.0 Å². The topological polar surface area (TPSA) is 107 Å². The van der Waals surface area contributed by atoms with Gasteiger partial charge in [0.2, 0.25) is 0 Å². The second-order valence-electron chi connectivity index (χ2n) is 6.58. The van der Waals surface area contributed by atoms with Gasteiger partial charge in [-0.3, -0.25) is 9.59 Å². The van der Waals surface area contributed by atoms with Crippen LogP contribution in [0.3, 0.4) is 0 Å². The number of aromatic hydroxyl groups is 1. The molecule has 0 saturated heterocycles. The number of hydrogen-bond donors (Lipinski definition) is 2. The van der Waals surface area contributed by atoms with E-state index in [0.717, 1.165) is 0 Å². The number of amides is 1.